The zero-order valence-electron chi connectivity index (χ0n) is 52.9. The van der Waals surface area contributed by atoms with Crippen LogP contribution in [0.4, 0.5) is 0 Å². The second-order valence-electron chi connectivity index (χ2n) is 12.9. The molecule has 12 rings (SSSR count). The van der Waals surface area contributed by atoms with Gasteiger partial charge in [0.2, 0.25) is 5.96 Å². The van der Waals surface area contributed by atoms with E-state index in [1.807, 2.05) is 0 Å². The summed E-state index contributed by atoms with van der Waals surface area (Å²) in [6.45, 7) is 0. The van der Waals surface area contributed by atoms with Crippen molar-refractivity contribution in [3.05, 3.63) is 205 Å². The molecule has 8 aromatic carbocycles. The molecule has 1 aliphatic heterocycles. The zero-order chi connectivity index (χ0) is 58.3. The number of benzene rings is 8. The summed E-state index contributed by atoms with van der Waals surface area (Å²) in [4.78, 5) is 10.1. The van der Waals surface area contributed by atoms with Gasteiger partial charge in [0.1, 0.15) is 5.84 Å². The van der Waals surface area contributed by atoms with Crippen molar-refractivity contribution in [3.63, 3.8) is 0 Å². The molecule has 1 unspecified atom stereocenters. The number of para-hydroxylation sites is 8. The van der Waals surface area contributed by atoms with Gasteiger partial charge in [-0.25, -0.2) is 9.98 Å². The average molecular weight is 755 g/mol. The molecule has 3 aromatic heterocycles. The smallest absolute Gasteiger partial charge is 0.211 e. The van der Waals surface area contributed by atoms with Crippen LogP contribution in [0.25, 0.3) is 76.8 Å². The van der Waals surface area contributed by atoms with E-state index >= 15 is 0 Å². The summed E-state index contributed by atoms with van der Waals surface area (Å²) in [6.07, 6.45) is -1.66. The van der Waals surface area contributed by atoms with Crippen LogP contribution in [0.2, 0.25) is 0 Å². The van der Waals surface area contributed by atoms with Crippen molar-refractivity contribution in [2.75, 3.05) is 0 Å². The third-order valence-electron chi connectivity index (χ3n) is 9.89. The first-order valence-corrected chi connectivity index (χ1v) is 17.4. The molecule has 6 heteroatoms. The molecule has 268 valence electrons. The van der Waals surface area contributed by atoms with Gasteiger partial charge in [-0.3, -0.25) is 4.57 Å². The van der Waals surface area contributed by atoms with E-state index in [1.165, 1.54) is 45.5 Å². The van der Waals surface area contributed by atoms with Gasteiger partial charge in [-0.2, -0.15) is 0 Å². The second-order valence-corrected chi connectivity index (χ2v) is 12.9. The molecule has 4 heterocycles. The van der Waals surface area contributed by atoms with E-state index in [0.717, 1.165) is 4.57 Å². The summed E-state index contributed by atoms with van der Waals surface area (Å²) in [5.41, 5.74) is -1.80. The fourth-order valence-electron chi connectivity index (χ4n) is 7.56. The summed E-state index contributed by atoms with van der Waals surface area (Å²) < 4.78 is 219. The Bertz CT molecular complexity index is 4630. The fraction of sp³-hybridized carbons (Fsp3) is 0.0196. The third kappa shape index (κ3) is 4.71. The van der Waals surface area contributed by atoms with Crippen molar-refractivity contribution in [1.82, 2.24) is 19.0 Å². The van der Waals surface area contributed by atoms with E-state index in [0.29, 0.717) is 0 Å². The highest BCUT2D eigenvalue weighted by molar-refractivity contribution is 6.20. The molecule has 0 aliphatic carbocycles. The molecule has 57 heavy (non-hydrogen) atoms. The van der Waals surface area contributed by atoms with E-state index in [4.69, 9.17) is 34.7 Å². The molecule has 0 radical (unpaired) electrons. The van der Waals surface area contributed by atoms with Crippen molar-refractivity contribution in [2.45, 2.75) is 6.17 Å². The Hall–Kier alpha value is -7.70. The van der Waals surface area contributed by atoms with Crippen molar-refractivity contribution in [2.24, 2.45) is 9.98 Å². The van der Waals surface area contributed by atoms with E-state index < -0.39 is 157 Å². The summed E-state index contributed by atoms with van der Waals surface area (Å²) in [5.74, 6) is -0.642. The molecule has 1 N–H and O–H groups in total. The van der Waals surface area contributed by atoms with E-state index in [2.05, 4.69) is 5.32 Å². The molecule has 0 amide bonds. The molecule has 0 fully saturated rings. The molecule has 0 spiro atoms. The van der Waals surface area contributed by atoms with E-state index in [9.17, 15) is 8.22 Å². The van der Waals surface area contributed by atoms with E-state index in [1.54, 1.807) is 12.1 Å². The molecule has 1 atom stereocenters. The number of aliphatic imine (C=N–C) groups is 2. The van der Waals surface area contributed by atoms with Crippen LogP contribution in [-0.2, 0) is 0 Å². The number of nitrogens with zero attached hydrogens (tertiary/aromatic N) is 5. The molecule has 6 nitrogen and oxygen atoms in total. The van der Waals surface area contributed by atoms with Crippen LogP contribution < -0.4 is 5.32 Å². The molecule has 11 aromatic rings. The number of hydrogen-bond acceptors (Lipinski definition) is 3. The number of nitrogens with one attached hydrogen (secondary N) is 1. The predicted octanol–water partition coefficient (Wildman–Crippen LogP) is 11.9. The maximum Gasteiger partial charge on any atom is 0.211 e. The number of fused-ring (bicyclic) bond motifs is 9. The first-order chi connectivity index (χ1) is 38.3. The lowest BCUT2D eigenvalue weighted by atomic mass is 10.1. The van der Waals surface area contributed by atoms with Gasteiger partial charge in [0.25, 0.3) is 0 Å². The van der Waals surface area contributed by atoms with Crippen molar-refractivity contribution >= 4 is 77.2 Å². The summed E-state index contributed by atoms with van der Waals surface area (Å²) >= 11 is 0. The van der Waals surface area contributed by atoms with Crippen LogP contribution in [-0.4, -0.2) is 25.5 Å². The largest absolute Gasteiger partial charge is 0.310 e. The molecule has 0 bridgehead atoms. The average Bonchev–Trinajstić information content (AvgIpc) is 4.33. The Kier molecular flexibility index (Phi) is 3.52. The lowest BCUT2D eigenvalue weighted by molar-refractivity contribution is 0.740. The molecule has 0 saturated carbocycles. The van der Waals surface area contributed by atoms with Crippen LogP contribution in [0.3, 0.4) is 0 Å². The Morgan fingerprint density at radius 2 is 0.772 bits per heavy atom. The standard InChI is InChI=1S/C51H34N6/c1-9-25-41-33(17-1)34-18-2-10-26-42(34)55(41)47-31-15-7-23-39(47)49-52-50(54-51(53-49)57-45-29-13-5-21-37(45)38-22-6-14-30-46(38)57)40-24-8-16-32-48(40)56-43-27-11-3-19-35(43)36-20-4-12-28-44(36)56/h1-32,49H,(H,52,53,54)/i1D,2D,3D,4D,5D,6D,9D,10D,11D,12D,13D,14D,17D,18D,19D,20D,21D,22D,25D,26D,27D,28D,29D,30D. The number of amidine groups is 1. The summed E-state index contributed by atoms with van der Waals surface area (Å²) in [6, 6.07) is -4.18. The fourth-order valence-corrected chi connectivity index (χ4v) is 7.56. The third-order valence-corrected chi connectivity index (χ3v) is 9.89. The van der Waals surface area contributed by atoms with Gasteiger partial charge in [0.05, 0.1) is 77.4 Å². The SMILES string of the molecule is [2H]c1c([2H])c([2H])c2c(c1[2H])c1c([2H])c([2H])c([2H])c([2H])c1n2C1=NC(c2ccccc2-n2c3c([2H])c([2H])c([2H])c([2H])c3c3c([2H])c([2H])c([2H])c([2H])c32)N=C(c2ccccc2-n2c3c([2H])c([2H])c([2H])c([2H])c3c3c([2H])c([2H])c([2H])c([2H])c32)N1. The van der Waals surface area contributed by atoms with Gasteiger partial charge >= 0.3 is 0 Å². The van der Waals surface area contributed by atoms with Gasteiger partial charge < -0.3 is 14.5 Å². The zero-order valence-corrected chi connectivity index (χ0v) is 28.9. The Balaban J connectivity index is 1.25. The van der Waals surface area contributed by atoms with Crippen LogP contribution in [0.1, 0.15) is 50.2 Å². The van der Waals surface area contributed by atoms with Crippen LogP contribution in [0.5, 0.6) is 0 Å². The molecular weight excluding hydrogens is 697 g/mol. The van der Waals surface area contributed by atoms with Gasteiger partial charge in [-0.1, -0.05) is 139 Å². The normalized spacial score (nSPS) is 20.4. The van der Waals surface area contributed by atoms with Crippen LogP contribution in [0, 0.1) is 0 Å². The number of aromatic nitrogens is 3. The quantitative estimate of drug-likeness (QED) is 0.191. The minimum absolute atomic E-state index is 0.00988. The highest BCUT2D eigenvalue weighted by Crippen LogP contribution is 2.38. The minimum Gasteiger partial charge on any atom is -0.310 e. The number of rotatable bonds is 4. The maximum atomic E-state index is 9.34. The molecule has 0 saturated heterocycles. The second kappa shape index (κ2) is 12.4. The maximum absolute atomic E-state index is 9.34. The molecular formula is C51H34N6. The van der Waals surface area contributed by atoms with Crippen molar-refractivity contribution in [3.8, 4) is 11.4 Å². The van der Waals surface area contributed by atoms with Crippen molar-refractivity contribution < 1.29 is 32.9 Å². The highest BCUT2D eigenvalue weighted by Gasteiger charge is 2.28. The summed E-state index contributed by atoms with van der Waals surface area (Å²) in [5, 5.41) is 1.48. The van der Waals surface area contributed by atoms with Crippen LogP contribution >= 0.6 is 0 Å². The van der Waals surface area contributed by atoms with Gasteiger partial charge in [0.15, 0.2) is 6.17 Å². The first-order valence-electron chi connectivity index (χ1n) is 29.4. The summed E-state index contributed by atoms with van der Waals surface area (Å²) in [7, 11) is 0. The van der Waals surface area contributed by atoms with Crippen LogP contribution in [0.15, 0.2) is 204 Å². The first kappa shape index (κ1) is 16.2. The predicted molar refractivity (Wildman–Crippen MR) is 236 cm³/mol. The Morgan fingerprint density at radius 1 is 0.404 bits per heavy atom. The van der Waals surface area contributed by atoms with Gasteiger partial charge in [-0.05, 0) is 54.5 Å². The van der Waals surface area contributed by atoms with Crippen molar-refractivity contribution in [1.29, 1.82) is 0 Å². The highest BCUT2D eigenvalue weighted by atomic mass is 15.3. The van der Waals surface area contributed by atoms with Gasteiger partial charge in [-0.15, -0.1) is 0 Å². The number of hydrogen-bond donors (Lipinski definition) is 1. The lowest BCUT2D eigenvalue weighted by Crippen LogP contribution is -2.40. The lowest BCUT2D eigenvalue weighted by Gasteiger charge is -2.26. The minimum atomic E-state index is -1.66. The van der Waals surface area contributed by atoms with E-state index in [-0.39, 0.29) is 93.8 Å². The topological polar surface area (TPSA) is 51.5 Å². The Labute approximate surface area is 361 Å². The monoisotopic (exact) mass is 754 g/mol. The molecule has 1 aliphatic rings. The van der Waals surface area contributed by atoms with Gasteiger partial charge in [0, 0.05) is 43.4 Å². The Morgan fingerprint density at radius 3 is 1.25 bits per heavy atom.